The van der Waals surface area contributed by atoms with E-state index in [0.717, 1.165) is 19.5 Å². The lowest BCUT2D eigenvalue weighted by Crippen LogP contribution is -2.29. The summed E-state index contributed by atoms with van der Waals surface area (Å²) in [6, 6.07) is 0. The average molecular weight is 139 g/mol. The molecule has 0 aromatic heterocycles. The van der Waals surface area contributed by atoms with Crippen LogP contribution in [-0.2, 0) is 0 Å². The number of β-amino-alcohol motifs (C(OH)–C–C–N with tert-alkyl or cyclic N) is 1. The summed E-state index contributed by atoms with van der Waals surface area (Å²) in [5, 5.41) is 9.48. The Labute approximate surface area is 61.8 Å². The Morgan fingerprint density at radius 3 is 2.90 bits per heavy atom. The van der Waals surface area contributed by atoms with Gasteiger partial charge in [0.05, 0.1) is 12.1 Å². The first-order valence-electron chi connectivity index (χ1n) is 3.52. The maximum absolute atomic E-state index is 9.48. The summed E-state index contributed by atoms with van der Waals surface area (Å²) < 4.78 is 0. The number of hydrogen-bond donors (Lipinski definition) is 1. The van der Waals surface area contributed by atoms with Gasteiger partial charge in [-0.15, -0.1) is 6.42 Å². The third kappa shape index (κ3) is 1.73. The van der Waals surface area contributed by atoms with E-state index in [1.54, 1.807) is 0 Å². The molecule has 0 radical (unpaired) electrons. The van der Waals surface area contributed by atoms with Gasteiger partial charge >= 0.3 is 0 Å². The van der Waals surface area contributed by atoms with Crippen molar-refractivity contribution >= 4 is 0 Å². The van der Waals surface area contributed by atoms with E-state index in [0.29, 0.717) is 6.54 Å². The molecule has 1 unspecified atom stereocenters. The molecule has 1 fully saturated rings. The van der Waals surface area contributed by atoms with Crippen molar-refractivity contribution in [2.75, 3.05) is 19.6 Å². The molecule has 0 saturated carbocycles. The van der Waals surface area contributed by atoms with E-state index in [9.17, 15) is 5.11 Å². The Morgan fingerprint density at radius 2 is 2.50 bits per heavy atom. The van der Waals surface area contributed by atoms with E-state index in [2.05, 4.69) is 10.8 Å². The summed E-state index contributed by atoms with van der Waals surface area (Å²) >= 11 is 0. The quantitative estimate of drug-likeness (QED) is 0.520. The van der Waals surface area contributed by atoms with Gasteiger partial charge in [-0.3, -0.25) is 4.90 Å². The van der Waals surface area contributed by atoms with Crippen molar-refractivity contribution in [3.8, 4) is 12.3 Å². The summed E-state index contributed by atoms with van der Waals surface area (Å²) in [7, 11) is 0. The molecular formula is C8H13NO. The molecule has 0 aliphatic carbocycles. The lowest BCUT2D eigenvalue weighted by molar-refractivity contribution is 0.0705. The van der Waals surface area contributed by atoms with Crippen molar-refractivity contribution in [3.63, 3.8) is 0 Å². The second-order valence-corrected chi connectivity index (χ2v) is 3.16. The van der Waals surface area contributed by atoms with Crippen molar-refractivity contribution in [3.05, 3.63) is 0 Å². The third-order valence-corrected chi connectivity index (χ3v) is 1.85. The largest absolute Gasteiger partial charge is 0.389 e. The van der Waals surface area contributed by atoms with Crippen LogP contribution in [0.4, 0.5) is 0 Å². The average Bonchev–Trinajstić information content (AvgIpc) is 2.12. The fraction of sp³-hybridized carbons (Fsp3) is 0.750. The molecule has 0 amide bonds. The first-order chi connectivity index (χ1) is 4.64. The highest BCUT2D eigenvalue weighted by atomic mass is 16.3. The van der Waals surface area contributed by atoms with Crippen LogP contribution in [0.25, 0.3) is 0 Å². The SMILES string of the molecule is C#CCN1CCC(C)(O)C1. The summed E-state index contributed by atoms with van der Waals surface area (Å²) in [5.74, 6) is 2.56. The van der Waals surface area contributed by atoms with E-state index >= 15 is 0 Å². The highest BCUT2D eigenvalue weighted by Crippen LogP contribution is 2.18. The van der Waals surface area contributed by atoms with Crippen LogP contribution in [0.3, 0.4) is 0 Å². The fourth-order valence-electron chi connectivity index (χ4n) is 1.30. The molecule has 1 saturated heterocycles. The molecule has 2 heteroatoms. The van der Waals surface area contributed by atoms with Gasteiger partial charge in [-0.05, 0) is 13.3 Å². The van der Waals surface area contributed by atoms with Gasteiger partial charge in [0.15, 0.2) is 0 Å². The minimum absolute atomic E-state index is 0.503. The predicted octanol–water partition coefficient (Wildman–Crippen LogP) is 0.0763. The van der Waals surface area contributed by atoms with Crippen molar-refractivity contribution in [2.24, 2.45) is 0 Å². The zero-order valence-corrected chi connectivity index (χ0v) is 6.30. The number of rotatable bonds is 1. The highest BCUT2D eigenvalue weighted by Gasteiger charge is 2.30. The summed E-state index contributed by atoms with van der Waals surface area (Å²) in [6.45, 7) is 4.16. The Kier molecular flexibility index (Phi) is 1.98. The first kappa shape index (κ1) is 7.59. The van der Waals surface area contributed by atoms with Crippen LogP contribution in [0.5, 0.6) is 0 Å². The van der Waals surface area contributed by atoms with E-state index < -0.39 is 5.60 Å². The predicted molar refractivity (Wildman–Crippen MR) is 40.5 cm³/mol. The number of aliphatic hydroxyl groups is 1. The lowest BCUT2D eigenvalue weighted by Gasteiger charge is -2.16. The number of likely N-dealkylation sites (tertiary alicyclic amines) is 1. The zero-order chi connectivity index (χ0) is 7.61. The molecule has 2 nitrogen and oxygen atoms in total. The molecule has 0 bridgehead atoms. The van der Waals surface area contributed by atoms with Crippen molar-refractivity contribution in [1.29, 1.82) is 0 Å². The molecule has 1 atom stereocenters. The summed E-state index contributed by atoms with van der Waals surface area (Å²) in [4.78, 5) is 2.08. The Morgan fingerprint density at radius 1 is 1.80 bits per heavy atom. The lowest BCUT2D eigenvalue weighted by atomic mass is 10.1. The van der Waals surface area contributed by atoms with Gasteiger partial charge in [-0.25, -0.2) is 0 Å². The number of nitrogens with zero attached hydrogens (tertiary/aromatic N) is 1. The molecule has 10 heavy (non-hydrogen) atoms. The van der Waals surface area contributed by atoms with Crippen LogP contribution in [0.2, 0.25) is 0 Å². The van der Waals surface area contributed by atoms with Crippen LogP contribution in [0.15, 0.2) is 0 Å². The van der Waals surface area contributed by atoms with Gasteiger partial charge in [0, 0.05) is 13.1 Å². The van der Waals surface area contributed by atoms with Crippen LogP contribution < -0.4 is 0 Å². The van der Waals surface area contributed by atoms with E-state index in [1.807, 2.05) is 6.92 Å². The maximum Gasteiger partial charge on any atom is 0.0758 e. The highest BCUT2D eigenvalue weighted by molar-refractivity contribution is 4.94. The molecular weight excluding hydrogens is 126 g/mol. The molecule has 1 aliphatic heterocycles. The van der Waals surface area contributed by atoms with E-state index in [1.165, 1.54) is 0 Å². The smallest absolute Gasteiger partial charge is 0.0758 e. The Hall–Kier alpha value is -0.520. The minimum atomic E-state index is -0.503. The fourth-order valence-corrected chi connectivity index (χ4v) is 1.30. The van der Waals surface area contributed by atoms with Crippen molar-refractivity contribution in [2.45, 2.75) is 18.9 Å². The third-order valence-electron chi connectivity index (χ3n) is 1.85. The molecule has 1 aliphatic rings. The molecule has 0 spiro atoms. The number of hydrogen-bond acceptors (Lipinski definition) is 2. The van der Waals surface area contributed by atoms with Crippen LogP contribution in [0, 0.1) is 12.3 Å². The monoisotopic (exact) mass is 139 g/mol. The van der Waals surface area contributed by atoms with Crippen molar-refractivity contribution < 1.29 is 5.11 Å². The Balaban J connectivity index is 2.38. The molecule has 1 rings (SSSR count). The van der Waals surface area contributed by atoms with Crippen molar-refractivity contribution in [1.82, 2.24) is 4.90 Å². The molecule has 0 aromatic carbocycles. The van der Waals surface area contributed by atoms with Gasteiger partial charge in [0.25, 0.3) is 0 Å². The van der Waals surface area contributed by atoms with Gasteiger partial charge in [0.1, 0.15) is 0 Å². The van der Waals surface area contributed by atoms with Gasteiger partial charge < -0.3 is 5.11 Å². The molecule has 1 N–H and O–H groups in total. The van der Waals surface area contributed by atoms with E-state index in [-0.39, 0.29) is 0 Å². The van der Waals surface area contributed by atoms with Gasteiger partial charge in [-0.2, -0.15) is 0 Å². The standard InChI is InChI=1S/C8H13NO/c1-3-5-9-6-4-8(2,10)7-9/h1,10H,4-7H2,2H3. The topological polar surface area (TPSA) is 23.5 Å². The second-order valence-electron chi connectivity index (χ2n) is 3.16. The maximum atomic E-state index is 9.48. The van der Waals surface area contributed by atoms with Gasteiger partial charge in [0.2, 0.25) is 0 Å². The normalized spacial score (nSPS) is 34.1. The van der Waals surface area contributed by atoms with E-state index in [4.69, 9.17) is 6.42 Å². The molecule has 0 aromatic rings. The van der Waals surface area contributed by atoms with Crippen LogP contribution >= 0.6 is 0 Å². The van der Waals surface area contributed by atoms with Crippen LogP contribution in [-0.4, -0.2) is 35.2 Å². The second kappa shape index (κ2) is 2.61. The molecule has 1 heterocycles. The summed E-state index contributed by atoms with van der Waals surface area (Å²) in [6.07, 6.45) is 5.97. The first-order valence-corrected chi connectivity index (χ1v) is 3.52. The molecule has 56 valence electrons. The Bertz CT molecular complexity index is 157. The minimum Gasteiger partial charge on any atom is -0.389 e. The summed E-state index contributed by atoms with van der Waals surface area (Å²) in [5.41, 5.74) is -0.503. The van der Waals surface area contributed by atoms with Crippen LogP contribution in [0.1, 0.15) is 13.3 Å². The zero-order valence-electron chi connectivity index (χ0n) is 6.30. The van der Waals surface area contributed by atoms with Gasteiger partial charge in [-0.1, -0.05) is 5.92 Å². The number of terminal acetylenes is 1.